The van der Waals surface area contributed by atoms with E-state index in [1.165, 1.54) is 83.5 Å². The van der Waals surface area contributed by atoms with Crippen molar-refractivity contribution in [3.05, 3.63) is 0 Å². The van der Waals surface area contributed by atoms with Gasteiger partial charge >= 0.3 is 0 Å². The average molecular weight is 405 g/mol. The largest absolute Gasteiger partial charge is 0.396 e. The molecule has 0 aliphatic carbocycles. The van der Waals surface area contributed by atoms with Crippen LogP contribution < -0.4 is 0 Å². The zero-order chi connectivity index (χ0) is 21.5. The minimum absolute atomic E-state index is 0.156. The van der Waals surface area contributed by atoms with Crippen molar-refractivity contribution in [2.75, 3.05) is 26.4 Å². The maximum absolute atomic E-state index is 8.67. The molecule has 0 heterocycles. The van der Waals surface area contributed by atoms with Crippen LogP contribution in [0.15, 0.2) is 0 Å². The first-order valence-electron chi connectivity index (χ1n) is 11.9. The predicted molar refractivity (Wildman–Crippen MR) is 121 cm³/mol. The zero-order valence-electron chi connectivity index (χ0n) is 19.3. The van der Waals surface area contributed by atoms with Crippen LogP contribution in [0.2, 0.25) is 0 Å². The van der Waals surface area contributed by atoms with E-state index >= 15 is 0 Å². The van der Waals surface area contributed by atoms with Crippen molar-refractivity contribution in [1.82, 2.24) is 0 Å². The van der Waals surface area contributed by atoms with Gasteiger partial charge in [-0.15, -0.1) is 0 Å². The monoisotopic (exact) mass is 404 g/mol. The summed E-state index contributed by atoms with van der Waals surface area (Å²) in [6.45, 7) is 6.37. The van der Waals surface area contributed by atoms with Gasteiger partial charge in [-0.2, -0.15) is 0 Å². The number of rotatable bonds is 19. The van der Waals surface area contributed by atoms with Crippen LogP contribution in [0.3, 0.4) is 0 Å². The van der Waals surface area contributed by atoms with E-state index in [0.29, 0.717) is 13.0 Å². The Morgan fingerprint density at radius 1 is 0.536 bits per heavy atom. The van der Waals surface area contributed by atoms with Crippen LogP contribution in [0.5, 0.6) is 0 Å². The Morgan fingerprint density at radius 3 is 1.07 bits per heavy atom. The first-order chi connectivity index (χ1) is 13.5. The van der Waals surface area contributed by atoms with Crippen LogP contribution in [0.4, 0.5) is 0 Å². The molecule has 4 N–H and O–H groups in total. The molecule has 4 nitrogen and oxygen atoms in total. The SMILES string of the molecule is CC(C)CCCCCCCCCCCCCCCO.CCC(CO)(CO)CO. The molecule has 0 spiro atoms. The molecular weight excluding hydrogens is 352 g/mol. The Kier molecular flexibility index (Phi) is 24.8. The molecule has 0 fully saturated rings. The molecule has 4 heteroatoms. The number of aliphatic hydroxyl groups excluding tert-OH is 4. The second kappa shape index (κ2) is 23.1. The van der Waals surface area contributed by atoms with Gasteiger partial charge in [-0.3, -0.25) is 0 Å². The summed E-state index contributed by atoms with van der Waals surface area (Å²) in [5.41, 5.74) is -0.667. The van der Waals surface area contributed by atoms with Crippen LogP contribution >= 0.6 is 0 Å². The minimum Gasteiger partial charge on any atom is -0.396 e. The maximum Gasteiger partial charge on any atom is 0.0531 e. The van der Waals surface area contributed by atoms with Crippen LogP contribution in [0.1, 0.15) is 117 Å². The fourth-order valence-electron chi connectivity index (χ4n) is 3.09. The van der Waals surface area contributed by atoms with Gasteiger partial charge in [0, 0.05) is 12.0 Å². The predicted octanol–water partition coefficient (Wildman–Crippen LogP) is 5.46. The molecule has 28 heavy (non-hydrogen) atoms. The van der Waals surface area contributed by atoms with E-state index in [1.54, 1.807) is 0 Å². The average Bonchev–Trinajstić information content (AvgIpc) is 2.71. The molecule has 0 atom stereocenters. The zero-order valence-corrected chi connectivity index (χ0v) is 19.3. The van der Waals surface area contributed by atoms with Crippen molar-refractivity contribution in [3.63, 3.8) is 0 Å². The lowest BCUT2D eigenvalue weighted by molar-refractivity contribution is 0.00304. The van der Waals surface area contributed by atoms with Crippen molar-refractivity contribution in [2.45, 2.75) is 117 Å². The summed E-state index contributed by atoms with van der Waals surface area (Å²) in [7, 11) is 0. The molecule has 0 rings (SSSR count). The molecule has 0 bridgehead atoms. The number of aliphatic hydroxyl groups is 4. The van der Waals surface area contributed by atoms with Gasteiger partial charge in [-0.1, -0.05) is 104 Å². The summed E-state index contributed by atoms with van der Waals surface area (Å²) in [4.78, 5) is 0. The molecule has 0 aliphatic heterocycles. The molecule has 0 aromatic rings. The highest BCUT2D eigenvalue weighted by molar-refractivity contribution is 4.74. The first-order valence-corrected chi connectivity index (χ1v) is 11.9. The molecule has 0 saturated heterocycles. The lowest BCUT2D eigenvalue weighted by Crippen LogP contribution is -2.32. The van der Waals surface area contributed by atoms with E-state index in [9.17, 15) is 0 Å². The Bertz CT molecular complexity index is 260. The minimum atomic E-state index is -0.667. The van der Waals surface area contributed by atoms with E-state index in [-0.39, 0.29) is 19.8 Å². The van der Waals surface area contributed by atoms with E-state index < -0.39 is 5.41 Å². The summed E-state index contributed by atoms with van der Waals surface area (Å²) in [6, 6.07) is 0. The van der Waals surface area contributed by atoms with Crippen molar-refractivity contribution >= 4 is 0 Å². The fourth-order valence-corrected chi connectivity index (χ4v) is 3.09. The molecular formula is C24H52O4. The second-order valence-corrected chi connectivity index (χ2v) is 8.83. The topological polar surface area (TPSA) is 80.9 Å². The molecule has 0 saturated carbocycles. The molecule has 0 aliphatic rings. The van der Waals surface area contributed by atoms with Crippen LogP contribution in [0.25, 0.3) is 0 Å². The molecule has 0 aromatic carbocycles. The van der Waals surface area contributed by atoms with Gasteiger partial charge in [0.1, 0.15) is 0 Å². The molecule has 0 radical (unpaired) electrons. The standard InChI is InChI=1S/C18H38O.C6H14O3/c1-18(2)16-14-12-10-8-6-4-3-5-7-9-11-13-15-17-19;1-2-6(3-7,4-8)5-9/h18-19H,3-17H2,1-2H3;7-9H,2-5H2,1H3. The highest BCUT2D eigenvalue weighted by Gasteiger charge is 2.24. The van der Waals surface area contributed by atoms with Gasteiger partial charge in [0.15, 0.2) is 0 Å². The van der Waals surface area contributed by atoms with E-state index in [4.69, 9.17) is 20.4 Å². The third-order valence-electron chi connectivity index (χ3n) is 5.70. The number of unbranched alkanes of at least 4 members (excludes halogenated alkanes) is 12. The Morgan fingerprint density at radius 2 is 0.857 bits per heavy atom. The molecule has 0 unspecified atom stereocenters. The van der Waals surface area contributed by atoms with Gasteiger partial charge < -0.3 is 20.4 Å². The van der Waals surface area contributed by atoms with E-state index in [1.807, 2.05) is 6.92 Å². The summed E-state index contributed by atoms with van der Waals surface area (Å²) in [5, 5.41) is 34.6. The quantitative estimate of drug-likeness (QED) is 0.216. The highest BCUT2D eigenvalue weighted by Crippen LogP contribution is 2.18. The van der Waals surface area contributed by atoms with Crippen LogP contribution in [-0.2, 0) is 0 Å². The first kappa shape index (κ1) is 30.0. The smallest absolute Gasteiger partial charge is 0.0531 e. The van der Waals surface area contributed by atoms with Gasteiger partial charge in [-0.05, 0) is 18.8 Å². The van der Waals surface area contributed by atoms with Crippen LogP contribution in [-0.4, -0.2) is 46.9 Å². The lowest BCUT2D eigenvalue weighted by Gasteiger charge is -2.24. The summed E-state index contributed by atoms with van der Waals surface area (Å²) < 4.78 is 0. The third kappa shape index (κ3) is 20.6. The van der Waals surface area contributed by atoms with Crippen molar-refractivity contribution in [3.8, 4) is 0 Å². The molecule has 172 valence electrons. The third-order valence-corrected chi connectivity index (χ3v) is 5.70. The maximum atomic E-state index is 8.67. The van der Waals surface area contributed by atoms with Gasteiger partial charge in [0.25, 0.3) is 0 Å². The van der Waals surface area contributed by atoms with Crippen LogP contribution in [0, 0.1) is 11.3 Å². The van der Waals surface area contributed by atoms with Crippen molar-refractivity contribution in [1.29, 1.82) is 0 Å². The van der Waals surface area contributed by atoms with E-state index in [2.05, 4.69) is 13.8 Å². The summed E-state index contributed by atoms with van der Waals surface area (Å²) in [5.74, 6) is 0.886. The number of hydrogen-bond donors (Lipinski definition) is 4. The van der Waals surface area contributed by atoms with E-state index in [0.717, 1.165) is 12.3 Å². The number of hydrogen-bond acceptors (Lipinski definition) is 4. The summed E-state index contributed by atoms with van der Waals surface area (Å²) >= 11 is 0. The lowest BCUT2D eigenvalue weighted by atomic mass is 9.88. The van der Waals surface area contributed by atoms with Crippen molar-refractivity contribution in [2.24, 2.45) is 11.3 Å². The molecule has 0 aromatic heterocycles. The fraction of sp³-hybridized carbons (Fsp3) is 1.00. The Labute approximate surface area is 175 Å². The summed E-state index contributed by atoms with van der Waals surface area (Å²) in [6.07, 6.45) is 19.9. The van der Waals surface area contributed by atoms with Gasteiger partial charge in [0.2, 0.25) is 0 Å². The Hall–Kier alpha value is -0.160. The second-order valence-electron chi connectivity index (χ2n) is 8.83. The van der Waals surface area contributed by atoms with Gasteiger partial charge in [0.05, 0.1) is 19.8 Å². The highest BCUT2D eigenvalue weighted by atomic mass is 16.3. The van der Waals surface area contributed by atoms with Gasteiger partial charge in [-0.25, -0.2) is 0 Å². The normalized spacial score (nSPS) is 11.6. The Balaban J connectivity index is 0. The molecule has 0 amide bonds. The van der Waals surface area contributed by atoms with Crippen molar-refractivity contribution < 1.29 is 20.4 Å².